The number of carbonyl (C=O) groups excluding carboxylic acids is 2. The van der Waals surface area contributed by atoms with Crippen LogP contribution < -0.4 is 5.73 Å². The van der Waals surface area contributed by atoms with Crippen molar-refractivity contribution in [2.75, 3.05) is 5.73 Å². The monoisotopic (exact) mass is 869 g/mol. The van der Waals surface area contributed by atoms with E-state index in [1.54, 1.807) is 0 Å². The third-order valence-electron chi connectivity index (χ3n) is 11.4. The number of benzene rings is 1. The molecule has 2 N–H and O–H groups in total. The molecule has 3 saturated carbocycles. The van der Waals surface area contributed by atoms with Crippen molar-refractivity contribution in [1.29, 1.82) is 0 Å². The summed E-state index contributed by atoms with van der Waals surface area (Å²) in [5.41, 5.74) is 10.2. The maximum atomic E-state index is 13.4. The van der Waals surface area contributed by atoms with Crippen LogP contribution in [0.1, 0.15) is 91.0 Å². The van der Waals surface area contributed by atoms with Gasteiger partial charge in [0.1, 0.15) is 11.9 Å². The van der Waals surface area contributed by atoms with Crippen LogP contribution in [0.25, 0.3) is 0 Å². The minimum atomic E-state index is -0.155. The topological polar surface area (TPSA) is 69.4 Å². The minimum Gasteiger partial charge on any atom is -0.462 e. The van der Waals surface area contributed by atoms with Gasteiger partial charge in [-0.25, -0.2) is 0 Å². The molecular formula is C32H42I3NO3. The third-order valence-corrected chi connectivity index (χ3v) is 14.5. The highest BCUT2D eigenvalue weighted by atomic mass is 127. The molecule has 1 aromatic rings. The maximum Gasteiger partial charge on any atom is 0.309 e. The lowest BCUT2D eigenvalue weighted by atomic mass is 9.47. The van der Waals surface area contributed by atoms with Gasteiger partial charge in [0.25, 0.3) is 0 Å². The second-order valence-corrected chi connectivity index (χ2v) is 16.6. The first kappa shape index (κ1) is 30.5. The molecule has 7 heteroatoms. The molecule has 214 valence electrons. The Labute approximate surface area is 275 Å². The summed E-state index contributed by atoms with van der Waals surface area (Å²) in [6.45, 7) is 8.81. The lowest BCUT2D eigenvalue weighted by Gasteiger charge is -2.58. The number of ether oxygens (including phenoxy) is 1. The summed E-state index contributed by atoms with van der Waals surface area (Å²) in [6, 6.07) is 2.11. The number of allylic oxidation sites excluding steroid dienone is 1. The summed E-state index contributed by atoms with van der Waals surface area (Å²) in [4.78, 5) is 25.9. The lowest BCUT2D eigenvalue weighted by molar-refractivity contribution is -0.156. The van der Waals surface area contributed by atoms with Gasteiger partial charge in [0.05, 0.1) is 11.6 Å². The zero-order valence-electron chi connectivity index (χ0n) is 23.6. The average molecular weight is 869 g/mol. The van der Waals surface area contributed by atoms with Crippen molar-refractivity contribution in [3.05, 3.63) is 34.0 Å². The Morgan fingerprint density at radius 3 is 2.51 bits per heavy atom. The molecule has 0 spiro atoms. The van der Waals surface area contributed by atoms with E-state index < -0.39 is 0 Å². The molecule has 4 unspecified atom stereocenters. The van der Waals surface area contributed by atoms with Crippen LogP contribution in [-0.4, -0.2) is 17.9 Å². The largest absolute Gasteiger partial charge is 0.462 e. The number of hydrogen-bond acceptors (Lipinski definition) is 4. The molecule has 8 atom stereocenters. The number of hydrogen-bond donors (Lipinski definition) is 1. The molecule has 0 aliphatic heterocycles. The summed E-state index contributed by atoms with van der Waals surface area (Å²) < 4.78 is 9.54. The van der Waals surface area contributed by atoms with Crippen molar-refractivity contribution in [3.63, 3.8) is 0 Å². The Kier molecular flexibility index (Phi) is 9.12. The summed E-state index contributed by atoms with van der Waals surface area (Å²) in [7, 11) is 0. The molecule has 0 aromatic heterocycles. The van der Waals surface area contributed by atoms with Gasteiger partial charge >= 0.3 is 5.97 Å². The Balaban J connectivity index is 1.27. The number of nitrogen functional groups attached to an aromatic ring is 1. The minimum absolute atomic E-state index is 0.0233. The number of halogens is 3. The van der Waals surface area contributed by atoms with Gasteiger partial charge in [-0.1, -0.05) is 32.4 Å². The Morgan fingerprint density at radius 2 is 1.82 bits per heavy atom. The van der Waals surface area contributed by atoms with Crippen LogP contribution in [0, 0.1) is 51.1 Å². The van der Waals surface area contributed by atoms with Crippen LogP contribution in [0.2, 0.25) is 0 Å². The van der Waals surface area contributed by atoms with E-state index in [2.05, 4.69) is 101 Å². The van der Waals surface area contributed by atoms with E-state index in [0.29, 0.717) is 30.0 Å². The normalized spacial score (nSPS) is 36.3. The van der Waals surface area contributed by atoms with Crippen LogP contribution >= 0.6 is 67.8 Å². The van der Waals surface area contributed by atoms with Gasteiger partial charge < -0.3 is 10.5 Å². The number of fused-ring (bicyclic) bond motifs is 5. The van der Waals surface area contributed by atoms with Crippen molar-refractivity contribution in [1.82, 2.24) is 0 Å². The Bertz CT molecular complexity index is 1200. The highest BCUT2D eigenvalue weighted by molar-refractivity contribution is 14.1. The lowest BCUT2D eigenvalue weighted by Crippen LogP contribution is -2.51. The van der Waals surface area contributed by atoms with Crippen LogP contribution in [0.4, 0.5) is 5.69 Å². The first-order valence-electron chi connectivity index (χ1n) is 14.7. The van der Waals surface area contributed by atoms with Crippen molar-refractivity contribution < 1.29 is 14.3 Å². The molecule has 5 rings (SSSR count). The smallest absolute Gasteiger partial charge is 0.309 e. The fourth-order valence-corrected chi connectivity index (χ4v) is 12.9. The fraction of sp³-hybridized carbons (Fsp3) is 0.688. The van der Waals surface area contributed by atoms with Gasteiger partial charge in [-0.3, -0.25) is 9.59 Å². The predicted octanol–water partition coefficient (Wildman–Crippen LogP) is 8.73. The fourth-order valence-electron chi connectivity index (χ4n) is 9.13. The molecule has 0 bridgehead atoms. The molecule has 1 aromatic carbocycles. The summed E-state index contributed by atoms with van der Waals surface area (Å²) in [5, 5.41) is 0. The molecule has 3 fully saturated rings. The van der Waals surface area contributed by atoms with E-state index in [4.69, 9.17) is 10.5 Å². The first-order valence-corrected chi connectivity index (χ1v) is 18.0. The number of Topliss-reactive ketones (excluding diaryl/α,β-unsaturated/α-hetero) is 1. The van der Waals surface area contributed by atoms with Crippen LogP contribution in [0.15, 0.2) is 17.7 Å². The molecule has 0 saturated heterocycles. The maximum absolute atomic E-state index is 13.4. The predicted molar refractivity (Wildman–Crippen MR) is 182 cm³/mol. The number of anilines is 1. The first-order chi connectivity index (χ1) is 18.4. The highest BCUT2D eigenvalue weighted by Gasteiger charge is 2.59. The van der Waals surface area contributed by atoms with E-state index in [0.717, 1.165) is 54.9 Å². The standard InChI is InChI=1S/C32H42I3NO3/c1-5-18(14-22-26(33)16-27(34)29(36)28(22)35)30(38)39-20-10-12-31(3)19(15-20)6-7-21-24-9-8-23(17(2)37)32(24,4)13-11-25(21)31/h6,16,18,20-21,23-25H,5,7-15,36H2,1-4H3/t18?,20-,21?,23+,24?,25?,31-,32+/m0/s1. The van der Waals surface area contributed by atoms with Crippen molar-refractivity contribution in [3.8, 4) is 0 Å². The number of ketones is 1. The summed E-state index contributed by atoms with van der Waals surface area (Å²) in [5.74, 6) is 2.50. The van der Waals surface area contributed by atoms with E-state index in [-0.39, 0.29) is 34.7 Å². The van der Waals surface area contributed by atoms with Crippen molar-refractivity contribution in [2.45, 2.75) is 98.0 Å². The second-order valence-electron chi connectivity index (χ2n) is 13.2. The Hall–Kier alpha value is 0.0900. The van der Waals surface area contributed by atoms with Gasteiger partial charge in [-0.2, -0.15) is 0 Å². The zero-order chi connectivity index (χ0) is 28.3. The van der Waals surface area contributed by atoms with E-state index in [1.165, 1.54) is 30.4 Å². The van der Waals surface area contributed by atoms with Gasteiger partial charge in [0.15, 0.2) is 0 Å². The quantitative estimate of drug-likeness (QED) is 0.135. The number of rotatable bonds is 6. The van der Waals surface area contributed by atoms with Gasteiger partial charge in [-0.05, 0) is 173 Å². The van der Waals surface area contributed by atoms with E-state index in [1.807, 2.05) is 6.92 Å². The summed E-state index contributed by atoms with van der Waals surface area (Å²) in [6.07, 6.45) is 12.7. The second kappa shape index (κ2) is 11.6. The molecule has 0 radical (unpaired) electrons. The molecule has 4 nitrogen and oxygen atoms in total. The average Bonchev–Trinajstić information content (AvgIpc) is 3.25. The van der Waals surface area contributed by atoms with Crippen molar-refractivity contribution in [2.24, 2.45) is 40.4 Å². The number of esters is 1. The molecule has 0 heterocycles. The molecule has 4 aliphatic carbocycles. The molecule has 0 amide bonds. The molecular weight excluding hydrogens is 827 g/mol. The van der Waals surface area contributed by atoms with Gasteiger partial charge in [0.2, 0.25) is 0 Å². The van der Waals surface area contributed by atoms with Gasteiger partial charge in [0, 0.05) is 23.0 Å². The number of nitrogens with two attached hydrogens (primary N) is 1. The Morgan fingerprint density at radius 1 is 1.08 bits per heavy atom. The highest BCUT2D eigenvalue weighted by Crippen LogP contribution is 2.66. The third kappa shape index (κ3) is 5.37. The summed E-state index contributed by atoms with van der Waals surface area (Å²) >= 11 is 6.97. The zero-order valence-corrected chi connectivity index (χ0v) is 30.1. The molecule has 4 aliphatic rings. The van der Waals surface area contributed by atoms with E-state index >= 15 is 0 Å². The van der Waals surface area contributed by atoms with Gasteiger partial charge in [-0.15, -0.1) is 0 Å². The van der Waals surface area contributed by atoms with E-state index in [9.17, 15) is 9.59 Å². The number of carbonyl (C=O) groups is 2. The molecule has 39 heavy (non-hydrogen) atoms. The SMILES string of the molecule is CCC(Cc1c(I)cc(I)c(N)c1I)C(=O)O[C@H]1CC[C@@]2(C)C(=CCC3C2CC[C@@]2(C)C3CC[C@@H]2C(C)=O)C1. The van der Waals surface area contributed by atoms with Crippen LogP contribution in [0.5, 0.6) is 0 Å². The van der Waals surface area contributed by atoms with Crippen LogP contribution in [0.3, 0.4) is 0 Å². The van der Waals surface area contributed by atoms with Crippen LogP contribution in [-0.2, 0) is 20.7 Å². The van der Waals surface area contributed by atoms with Crippen molar-refractivity contribution >= 4 is 85.2 Å².